The van der Waals surface area contributed by atoms with Crippen molar-refractivity contribution in [1.29, 1.82) is 0 Å². The molecule has 0 heterocycles. The zero-order valence-electron chi connectivity index (χ0n) is 27.3. The molecule has 1 N–H and O–H groups in total. The van der Waals surface area contributed by atoms with Crippen molar-refractivity contribution in [3.63, 3.8) is 0 Å². The Hall–Kier alpha value is -5.03. The molecule has 4 aromatic rings. The standard InChI is InChI=1S/C36H41N3O7S/c1-6-37-36(41)33(22-27-11-8-7-9-12-27)38(24-28-13-10-14-29(21-28)44-3)35(40)25-39(32-23-30(45-4)17-20-34(32)46-5)47(42,43)31-18-15-26(2)16-19-31/h7-21,23,33H,6,22,24-25H2,1-5H3,(H,37,41)/t33-/m0/s1. The van der Waals surface area contributed by atoms with Gasteiger partial charge in [-0.05, 0) is 61.4 Å². The van der Waals surface area contributed by atoms with Crippen molar-refractivity contribution < 1.29 is 32.2 Å². The molecule has 1 atom stereocenters. The maximum atomic E-state index is 14.6. The summed E-state index contributed by atoms with van der Waals surface area (Å²) in [6.07, 6.45) is 0.204. The molecule has 0 aliphatic carbocycles. The lowest BCUT2D eigenvalue weighted by Crippen LogP contribution is -2.53. The molecule has 0 unspecified atom stereocenters. The molecule has 0 aliphatic rings. The molecule has 2 amide bonds. The smallest absolute Gasteiger partial charge is 0.264 e. The lowest BCUT2D eigenvalue weighted by atomic mass is 10.0. The van der Waals surface area contributed by atoms with Crippen molar-refractivity contribution in [3.8, 4) is 17.2 Å². The van der Waals surface area contributed by atoms with Gasteiger partial charge in [-0.3, -0.25) is 13.9 Å². The van der Waals surface area contributed by atoms with Crippen LogP contribution in [0.3, 0.4) is 0 Å². The minimum Gasteiger partial charge on any atom is -0.497 e. The first-order valence-electron chi connectivity index (χ1n) is 15.2. The van der Waals surface area contributed by atoms with Gasteiger partial charge in [0.1, 0.15) is 29.8 Å². The normalized spacial score (nSPS) is 11.7. The largest absolute Gasteiger partial charge is 0.497 e. The van der Waals surface area contributed by atoms with Crippen LogP contribution >= 0.6 is 0 Å². The van der Waals surface area contributed by atoms with Crippen LogP contribution in [0.25, 0.3) is 0 Å². The Balaban J connectivity index is 1.87. The van der Waals surface area contributed by atoms with Gasteiger partial charge in [0.05, 0.1) is 31.9 Å². The second kappa shape index (κ2) is 16.0. The lowest BCUT2D eigenvalue weighted by Gasteiger charge is -2.34. The van der Waals surface area contributed by atoms with Crippen LogP contribution in [-0.2, 0) is 32.6 Å². The fourth-order valence-electron chi connectivity index (χ4n) is 5.16. The van der Waals surface area contributed by atoms with E-state index in [4.69, 9.17) is 14.2 Å². The molecular formula is C36H41N3O7S. The molecule has 0 aromatic heterocycles. The molecule has 0 saturated heterocycles. The van der Waals surface area contributed by atoms with Gasteiger partial charge in [0, 0.05) is 25.6 Å². The number of ether oxygens (including phenoxy) is 3. The fourth-order valence-corrected chi connectivity index (χ4v) is 6.57. The van der Waals surface area contributed by atoms with E-state index in [1.54, 1.807) is 56.5 Å². The molecule has 0 radical (unpaired) electrons. The summed E-state index contributed by atoms with van der Waals surface area (Å²) < 4.78 is 46.2. The summed E-state index contributed by atoms with van der Waals surface area (Å²) in [7, 11) is 0.105. The van der Waals surface area contributed by atoms with E-state index in [-0.39, 0.29) is 35.2 Å². The molecule has 10 nitrogen and oxygen atoms in total. The van der Waals surface area contributed by atoms with Crippen LogP contribution in [0.2, 0.25) is 0 Å². The van der Waals surface area contributed by atoms with Crippen molar-refractivity contribution in [3.05, 3.63) is 114 Å². The fraction of sp³-hybridized carbons (Fsp3) is 0.278. The Morgan fingerprint density at radius 1 is 0.787 bits per heavy atom. The molecule has 0 spiro atoms. The summed E-state index contributed by atoms with van der Waals surface area (Å²) in [6, 6.07) is 26.7. The van der Waals surface area contributed by atoms with E-state index >= 15 is 0 Å². The average Bonchev–Trinajstić information content (AvgIpc) is 3.09. The van der Waals surface area contributed by atoms with Crippen LogP contribution in [0.1, 0.15) is 23.6 Å². The minimum absolute atomic E-state index is 0.00956. The second-order valence-electron chi connectivity index (χ2n) is 10.8. The first-order valence-corrected chi connectivity index (χ1v) is 16.6. The SMILES string of the molecule is CCNC(=O)[C@H](Cc1ccccc1)N(Cc1cccc(OC)c1)C(=O)CN(c1cc(OC)ccc1OC)S(=O)(=O)c1ccc(C)cc1. The number of nitrogens with zero attached hydrogens (tertiary/aromatic N) is 2. The Bertz CT molecular complexity index is 1760. The molecule has 0 aliphatic heterocycles. The number of sulfonamides is 1. The number of amides is 2. The van der Waals surface area contributed by atoms with Crippen LogP contribution in [-0.4, -0.2) is 65.6 Å². The lowest BCUT2D eigenvalue weighted by molar-refractivity contribution is -0.140. The average molecular weight is 660 g/mol. The first kappa shape index (κ1) is 34.8. The van der Waals surface area contributed by atoms with Crippen LogP contribution in [0.15, 0.2) is 102 Å². The van der Waals surface area contributed by atoms with E-state index in [2.05, 4.69) is 5.32 Å². The molecule has 248 valence electrons. The summed E-state index contributed by atoms with van der Waals surface area (Å²) >= 11 is 0. The van der Waals surface area contributed by atoms with Gasteiger partial charge in [-0.2, -0.15) is 0 Å². The van der Waals surface area contributed by atoms with Gasteiger partial charge in [-0.15, -0.1) is 0 Å². The van der Waals surface area contributed by atoms with Gasteiger partial charge in [0.25, 0.3) is 10.0 Å². The summed E-state index contributed by atoms with van der Waals surface area (Å²) in [5.41, 5.74) is 2.53. The zero-order valence-corrected chi connectivity index (χ0v) is 28.1. The number of carbonyl (C=O) groups excluding carboxylic acids is 2. The van der Waals surface area contributed by atoms with Gasteiger partial charge in [0.15, 0.2) is 0 Å². The van der Waals surface area contributed by atoms with Crippen molar-refractivity contribution >= 4 is 27.5 Å². The monoisotopic (exact) mass is 659 g/mol. The highest BCUT2D eigenvalue weighted by Crippen LogP contribution is 2.36. The number of carbonyl (C=O) groups is 2. The van der Waals surface area contributed by atoms with Gasteiger partial charge < -0.3 is 24.4 Å². The molecular weight excluding hydrogens is 618 g/mol. The first-order chi connectivity index (χ1) is 22.6. The molecule has 0 bridgehead atoms. The van der Waals surface area contributed by atoms with E-state index < -0.39 is 28.5 Å². The number of hydrogen-bond acceptors (Lipinski definition) is 7. The number of hydrogen-bond donors (Lipinski definition) is 1. The number of benzene rings is 4. The Labute approximate surface area is 276 Å². The van der Waals surface area contributed by atoms with E-state index in [0.717, 1.165) is 15.4 Å². The van der Waals surface area contributed by atoms with E-state index in [1.807, 2.05) is 43.3 Å². The van der Waals surface area contributed by atoms with Crippen molar-refractivity contribution in [2.24, 2.45) is 0 Å². The third-order valence-corrected chi connectivity index (χ3v) is 9.43. The number of anilines is 1. The predicted molar refractivity (Wildman–Crippen MR) is 181 cm³/mol. The number of methoxy groups -OCH3 is 3. The summed E-state index contributed by atoms with van der Waals surface area (Å²) in [4.78, 5) is 29.8. The highest BCUT2D eigenvalue weighted by atomic mass is 32.2. The van der Waals surface area contributed by atoms with E-state index in [1.165, 1.54) is 37.3 Å². The van der Waals surface area contributed by atoms with Crippen LogP contribution in [0.4, 0.5) is 5.69 Å². The highest BCUT2D eigenvalue weighted by molar-refractivity contribution is 7.92. The van der Waals surface area contributed by atoms with Crippen molar-refractivity contribution in [2.75, 3.05) is 38.7 Å². The van der Waals surface area contributed by atoms with Crippen LogP contribution < -0.4 is 23.8 Å². The topological polar surface area (TPSA) is 114 Å². The Morgan fingerprint density at radius 2 is 1.45 bits per heavy atom. The maximum Gasteiger partial charge on any atom is 0.264 e. The maximum absolute atomic E-state index is 14.6. The molecule has 47 heavy (non-hydrogen) atoms. The van der Waals surface area contributed by atoms with Crippen LogP contribution in [0, 0.1) is 6.92 Å². The number of rotatable bonds is 15. The number of aryl methyl sites for hydroxylation is 1. The zero-order chi connectivity index (χ0) is 34.0. The minimum atomic E-state index is -4.33. The predicted octanol–water partition coefficient (Wildman–Crippen LogP) is 4.99. The van der Waals surface area contributed by atoms with Gasteiger partial charge in [0.2, 0.25) is 11.8 Å². The van der Waals surface area contributed by atoms with Crippen molar-refractivity contribution in [1.82, 2.24) is 10.2 Å². The molecule has 4 rings (SSSR count). The molecule has 0 saturated carbocycles. The Morgan fingerprint density at radius 3 is 2.09 bits per heavy atom. The van der Waals surface area contributed by atoms with Gasteiger partial charge in [-0.1, -0.05) is 60.2 Å². The number of likely N-dealkylation sites (N-methyl/N-ethyl adjacent to an activating group) is 1. The second-order valence-corrected chi connectivity index (χ2v) is 12.7. The van der Waals surface area contributed by atoms with Gasteiger partial charge in [-0.25, -0.2) is 8.42 Å². The third kappa shape index (κ3) is 8.62. The summed E-state index contributed by atoms with van der Waals surface area (Å²) in [6.45, 7) is 3.39. The van der Waals surface area contributed by atoms with E-state index in [0.29, 0.717) is 23.6 Å². The van der Waals surface area contributed by atoms with Crippen molar-refractivity contribution in [2.45, 2.75) is 37.8 Å². The summed E-state index contributed by atoms with van der Waals surface area (Å²) in [5, 5.41) is 2.86. The number of nitrogens with one attached hydrogen (secondary N) is 1. The highest BCUT2D eigenvalue weighted by Gasteiger charge is 2.35. The quantitative estimate of drug-likeness (QED) is 0.191. The van der Waals surface area contributed by atoms with Gasteiger partial charge >= 0.3 is 0 Å². The molecule has 4 aromatic carbocycles. The molecule has 0 fully saturated rings. The molecule has 11 heteroatoms. The Kier molecular flexibility index (Phi) is 11.9. The van der Waals surface area contributed by atoms with E-state index in [9.17, 15) is 18.0 Å². The third-order valence-electron chi connectivity index (χ3n) is 7.65. The summed E-state index contributed by atoms with van der Waals surface area (Å²) in [5.74, 6) is 0.213. The van der Waals surface area contributed by atoms with Crippen LogP contribution in [0.5, 0.6) is 17.2 Å².